The molecule has 0 radical (unpaired) electrons. The molecule has 0 bridgehead atoms. The lowest BCUT2D eigenvalue weighted by Gasteiger charge is -2.15. The number of carbonyl (C=O) groups is 2. The molecular weight excluding hydrogens is 596 g/mol. The molecule has 0 aliphatic heterocycles. The van der Waals surface area contributed by atoms with E-state index in [0.29, 0.717) is 12.8 Å². The van der Waals surface area contributed by atoms with Crippen molar-refractivity contribution in [2.24, 2.45) is 0 Å². The maximum Gasteiger partial charge on any atom is 0.306 e. The Labute approximate surface area is 293 Å². The summed E-state index contributed by atoms with van der Waals surface area (Å²) in [7, 11) is 0. The van der Waals surface area contributed by atoms with Gasteiger partial charge in [0.1, 0.15) is 6.61 Å². The average Bonchev–Trinajstić information content (AvgIpc) is 3.09. The van der Waals surface area contributed by atoms with Crippen LogP contribution in [0.1, 0.15) is 117 Å². The Morgan fingerprint density at radius 1 is 0.479 bits per heavy atom. The monoisotopic (exact) mass is 660 g/mol. The third-order valence-electron chi connectivity index (χ3n) is 6.76. The van der Waals surface area contributed by atoms with Crippen LogP contribution in [-0.2, 0) is 19.1 Å². The predicted molar refractivity (Wildman–Crippen MR) is 205 cm³/mol. The van der Waals surface area contributed by atoms with Gasteiger partial charge in [0, 0.05) is 12.8 Å². The number of aliphatic hydroxyl groups excluding tert-OH is 1. The highest BCUT2D eigenvalue weighted by Gasteiger charge is 2.15. The average molecular weight is 661 g/mol. The maximum atomic E-state index is 12.1. The fraction of sp³-hybridized carbons (Fsp3) is 0.488. The molecule has 0 aromatic rings. The number of carbonyl (C=O) groups excluding carboxylic acids is 2. The van der Waals surface area contributed by atoms with Crippen LogP contribution in [0.3, 0.4) is 0 Å². The molecule has 0 spiro atoms. The summed E-state index contributed by atoms with van der Waals surface area (Å²) < 4.78 is 10.5. The van der Waals surface area contributed by atoms with Crippen LogP contribution in [0.15, 0.2) is 122 Å². The Hall–Kier alpha value is -3.70. The van der Waals surface area contributed by atoms with Crippen molar-refractivity contribution < 1.29 is 24.2 Å². The molecule has 266 valence electrons. The van der Waals surface area contributed by atoms with E-state index in [4.69, 9.17) is 9.47 Å². The van der Waals surface area contributed by atoms with Crippen molar-refractivity contribution in [2.45, 2.75) is 123 Å². The number of rotatable bonds is 30. The zero-order valence-corrected chi connectivity index (χ0v) is 29.9. The number of allylic oxidation sites excluding steroid dienone is 20. The van der Waals surface area contributed by atoms with Gasteiger partial charge in [-0.3, -0.25) is 9.59 Å². The molecule has 48 heavy (non-hydrogen) atoms. The first-order chi connectivity index (χ1) is 23.6. The molecule has 0 rings (SSSR count). The number of aliphatic hydroxyl groups is 1. The van der Waals surface area contributed by atoms with Gasteiger partial charge in [-0.15, -0.1) is 0 Å². The highest BCUT2D eigenvalue weighted by atomic mass is 16.6. The second-order valence-electron chi connectivity index (χ2n) is 11.2. The molecule has 0 unspecified atom stereocenters. The Balaban J connectivity index is 3.84. The van der Waals surface area contributed by atoms with E-state index in [9.17, 15) is 14.7 Å². The van der Waals surface area contributed by atoms with Crippen molar-refractivity contribution in [3.8, 4) is 0 Å². The van der Waals surface area contributed by atoms with E-state index in [1.54, 1.807) is 0 Å². The summed E-state index contributed by atoms with van der Waals surface area (Å²) in [6.07, 6.45) is 55.5. The Kier molecular flexibility index (Phi) is 34.8. The summed E-state index contributed by atoms with van der Waals surface area (Å²) in [6.45, 7) is 3.77. The zero-order chi connectivity index (χ0) is 35.0. The van der Waals surface area contributed by atoms with Crippen molar-refractivity contribution in [1.29, 1.82) is 0 Å². The third-order valence-corrected chi connectivity index (χ3v) is 6.76. The second-order valence-corrected chi connectivity index (χ2v) is 11.2. The smallest absolute Gasteiger partial charge is 0.306 e. The van der Waals surface area contributed by atoms with E-state index in [0.717, 1.165) is 83.5 Å². The molecule has 0 saturated carbocycles. The van der Waals surface area contributed by atoms with E-state index >= 15 is 0 Å². The van der Waals surface area contributed by atoms with Gasteiger partial charge in [0.25, 0.3) is 0 Å². The predicted octanol–water partition coefficient (Wildman–Crippen LogP) is 11.3. The molecule has 0 fully saturated rings. The number of hydrogen-bond acceptors (Lipinski definition) is 5. The Bertz CT molecular complexity index is 1060. The van der Waals surface area contributed by atoms with Gasteiger partial charge in [-0.1, -0.05) is 135 Å². The van der Waals surface area contributed by atoms with Gasteiger partial charge in [0.05, 0.1) is 6.61 Å². The molecule has 0 heterocycles. The highest BCUT2D eigenvalue weighted by molar-refractivity contribution is 5.70. The van der Waals surface area contributed by atoms with Gasteiger partial charge in [-0.2, -0.15) is 0 Å². The standard InChI is InChI=1S/C43H64O5/c1-3-5-7-9-11-13-15-17-19-20-21-22-24-26-28-30-32-34-36-38-43(46)48-41(39-44)40-47-42(45)37-35-33-31-29-27-25-23-18-16-14-12-10-8-6-4-2/h5-8,11-14,17-19,21-23,26-29,32,34,41,44H,3-4,9-10,15-16,20,24-25,30-31,33,35-40H2,1-2H3/b7-5-,8-6-,13-11-,14-12-,19-17-,22-21-,23-18-,28-26-,29-27-,34-32-/t41-/m0/s1. The van der Waals surface area contributed by atoms with E-state index in [1.807, 2.05) is 12.2 Å². The second kappa shape index (κ2) is 37.8. The molecule has 0 amide bonds. The van der Waals surface area contributed by atoms with Gasteiger partial charge < -0.3 is 14.6 Å². The van der Waals surface area contributed by atoms with Gasteiger partial charge in [-0.25, -0.2) is 0 Å². The van der Waals surface area contributed by atoms with Crippen LogP contribution in [0.4, 0.5) is 0 Å². The number of ether oxygens (including phenoxy) is 2. The molecule has 0 saturated heterocycles. The molecule has 0 aromatic carbocycles. The minimum absolute atomic E-state index is 0.127. The fourth-order valence-electron chi connectivity index (χ4n) is 4.10. The number of hydrogen-bond donors (Lipinski definition) is 1. The van der Waals surface area contributed by atoms with E-state index in [1.165, 1.54) is 0 Å². The molecule has 5 heteroatoms. The fourth-order valence-corrected chi connectivity index (χ4v) is 4.10. The van der Waals surface area contributed by atoms with Crippen LogP contribution in [0.2, 0.25) is 0 Å². The summed E-state index contributed by atoms with van der Waals surface area (Å²) in [5.41, 5.74) is 0. The van der Waals surface area contributed by atoms with Crippen molar-refractivity contribution in [2.75, 3.05) is 13.2 Å². The first-order valence-corrected chi connectivity index (χ1v) is 18.1. The van der Waals surface area contributed by atoms with Crippen LogP contribution >= 0.6 is 0 Å². The first-order valence-electron chi connectivity index (χ1n) is 18.1. The van der Waals surface area contributed by atoms with E-state index in [-0.39, 0.29) is 25.6 Å². The van der Waals surface area contributed by atoms with E-state index < -0.39 is 12.1 Å². The normalized spacial score (nSPS) is 13.6. The minimum atomic E-state index is -0.837. The van der Waals surface area contributed by atoms with Crippen LogP contribution in [-0.4, -0.2) is 36.4 Å². The largest absolute Gasteiger partial charge is 0.462 e. The van der Waals surface area contributed by atoms with Gasteiger partial charge >= 0.3 is 11.9 Å². The molecule has 0 aliphatic carbocycles. The van der Waals surface area contributed by atoms with Crippen molar-refractivity contribution in [3.05, 3.63) is 122 Å². The van der Waals surface area contributed by atoms with E-state index in [2.05, 4.69) is 123 Å². The summed E-state index contributed by atoms with van der Waals surface area (Å²) >= 11 is 0. The van der Waals surface area contributed by atoms with Crippen LogP contribution < -0.4 is 0 Å². The Morgan fingerprint density at radius 2 is 0.854 bits per heavy atom. The summed E-state index contributed by atoms with van der Waals surface area (Å²) in [4.78, 5) is 24.2. The van der Waals surface area contributed by atoms with Gasteiger partial charge in [0.15, 0.2) is 6.10 Å². The molecular formula is C43H64O5. The zero-order valence-electron chi connectivity index (χ0n) is 29.9. The highest BCUT2D eigenvalue weighted by Crippen LogP contribution is 2.06. The minimum Gasteiger partial charge on any atom is -0.462 e. The van der Waals surface area contributed by atoms with Crippen LogP contribution in [0, 0.1) is 0 Å². The van der Waals surface area contributed by atoms with Crippen molar-refractivity contribution in [1.82, 2.24) is 0 Å². The summed E-state index contributed by atoms with van der Waals surface area (Å²) in [5, 5.41) is 9.52. The van der Waals surface area contributed by atoms with Gasteiger partial charge in [-0.05, 0) is 89.9 Å². The number of esters is 2. The molecule has 5 nitrogen and oxygen atoms in total. The summed E-state index contributed by atoms with van der Waals surface area (Å²) in [6, 6.07) is 0. The number of unbranched alkanes of at least 4 members (excludes halogenated alkanes) is 2. The van der Waals surface area contributed by atoms with Crippen molar-refractivity contribution >= 4 is 11.9 Å². The third kappa shape index (κ3) is 35.2. The molecule has 1 atom stereocenters. The quantitative estimate of drug-likeness (QED) is 0.0471. The van der Waals surface area contributed by atoms with Crippen molar-refractivity contribution in [3.63, 3.8) is 0 Å². The molecule has 0 aliphatic rings. The topological polar surface area (TPSA) is 72.8 Å². The summed E-state index contributed by atoms with van der Waals surface area (Å²) in [5.74, 6) is -0.754. The van der Waals surface area contributed by atoms with Crippen LogP contribution in [0.5, 0.6) is 0 Å². The first kappa shape index (κ1) is 44.3. The van der Waals surface area contributed by atoms with Gasteiger partial charge in [0.2, 0.25) is 0 Å². The molecule has 1 N–H and O–H groups in total. The lowest BCUT2D eigenvalue weighted by Crippen LogP contribution is -2.28. The Morgan fingerprint density at radius 3 is 1.25 bits per heavy atom. The SMILES string of the molecule is CC/C=C\C/C=C\C/C=C\C/C=C\C/C=C\C/C=C\CCC(=O)O[C@@H](CO)COC(=O)CCCC/C=C\C/C=C\C/C=C\C/C=C\CC. The lowest BCUT2D eigenvalue weighted by atomic mass is 10.2. The lowest BCUT2D eigenvalue weighted by molar-refractivity contribution is -0.161. The molecule has 0 aromatic heterocycles. The maximum absolute atomic E-state index is 12.1. The van der Waals surface area contributed by atoms with Crippen LogP contribution in [0.25, 0.3) is 0 Å².